The number of carbonyl (C=O) groups excluding carboxylic acids is 2. The molecule has 0 bridgehead atoms. The summed E-state index contributed by atoms with van der Waals surface area (Å²) in [6.45, 7) is 6.91. The number of aromatic amines is 1. The zero-order valence-electron chi connectivity index (χ0n) is 17.8. The highest BCUT2D eigenvalue weighted by Gasteiger charge is 2.27. The van der Waals surface area contributed by atoms with Crippen molar-refractivity contribution in [3.63, 3.8) is 0 Å². The molecule has 1 aliphatic heterocycles. The molecule has 0 aliphatic carbocycles. The predicted molar refractivity (Wildman–Crippen MR) is 123 cm³/mol. The summed E-state index contributed by atoms with van der Waals surface area (Å²) in [6, 6.07) is 0. The Hall–Kier alpha value is -2.59. The van der Waals surface area contributed by atoms with Gasteiger partial charge in [-0.1, -0.05) is 0 Å². The van der Waals surface area contributed by atoms with E-state index in [-0.39, 0.29) is 29.7 Å². The number of piperidine rings is 1. The van der Waals surface area contributed by atoms with E-state index in [2.05, 4.69) is 20.3 Å². The topological polar surface area (TPSA) is 108 Å². The molecule has 2 amide bonds. The number of amides is 2. The Kier molecular flexibility index (Phi) is 6.19. The van der Waals surface area contributed by atoms with Crippen molar-refractivity contribution in [1.29, 1.82) is 0 Å². The van der Waals surface area contributed by atoms with Crippen molar-refractivity contribution in [2.75, 3.05) is 18.4 Å². The Balaban J connectivity index is 1.30. The van der Waals surface area contributed by atoms with E-state index in [9.17, 15) is 14.4 Å². The first kappa shape index (κ1) is 21.6. The molecule has 2 N–H and O–H groups in total. The van der Waals surface area contributed by atoms with Crippen molar-refractivity contribution in [2.24, 2.45) is 5.92 Å². The predicted octanol–water partition coefficient (Wildman–Crippen LogP) is 3.18. The number of H-pyrrole nitrogens is 1. The standard InChI is InChI=1S/C21H25N5O3S2/c1-11-10-30-21(22-11)25-18(28)14-6-8-26(9-7-14)16(27)5-4-15-23-19(29)17-12(2)13(3)31-20(17)24-15/h10,14H,4-9H2,1-3H3,(H,22,25,28)(H,23,24,29). The highest BCUT2D eigenvalue weighted by atomic mass is 32.1. The zero-order chi connectivity index (χ0) is 22.1. The molecule has 0 atom stereocenters. The SMILES string of the molecule is Cc1csc(NC(=O)C2CCN(C(=O)CCc3nc4sc(C)c(C)c4c(=O)[nH]3)CC2)n1. The lowest BCUT2D eigenvalue weighted by Crippen LogP contribution is -2.41. The van der Waals surface area contributed by atoms with E-state index < -0.39 is 0 Å². The normalized spacial score (nSPS) is 14.9. The first-order valence-electron chi connectivity index (χ1n) is 10.3. The van der Waals surface area contributed by atoms with Crippen molar-refractivity contribution in [1.82, 2.24) is 19.9 Å². The molecular weight excluding hydrogens is 434 g/mol. The van der Waals surface area contributed by atoms with Crippen molar-refractivity contribution in [3.05, 3.63) is 37.7 Å². The molecule has 1 saturated heterocycles. The van der Waals surface area contributed by atoms with Crippen LogP contribution in [0.2, 0.25) is 0 Å². The van der Waals surface area contributed by atoms with Gasteiger partial charge in [-0.3, -0.25) is 14.4 Å². The Morgan fingerprint density at radius 2 is 1.97 bits per heavy atom. The maximum Gasteiger partial charge on any atom is 0.259 e. The van der Waals surface area contributed by atoms with Crippen LogP contribution < -0.4 is 10.9 Å². The van der Waals surface area contributed by atoms with E-state index in [4.69, 9.17) is 0 Å². The fourth-order valence-corrected chi connectivity index (χ4v) is 5.55. The lowest BCUT2D eigenvalue weighted by atomic mass is 9.95. The number of aryl methyl sites for hydroxylation is 4. The average molecular weight is 460 g/mol. The van der Waals surface area contributed by atoms with Gasteiger partial charge in [-0.25, -0.2) is 9.97 Å². The van der Waals surface area contributed by atoms with Gasteiger partial charge in [0, 0.05) is 42.1 Å². The largest absolute Gasteiger partial charge is 0.343 e. The van der Waals surface area contributed by atoms with Gasteiger partial charge in [0.25, 0.3) is 5.56 Å². The van der Waals surface area contributed by atoms with Crippen molar-refractivity contribution in [2.45, 2.75) is 46.5 Å². The van der Waals surface area contributed by atoms with Crippen LogP contribution in [0.15, 0.2) is 10.2 Å². The summed E-state index contributed by atoms with van der Waals surface area (Å²) in [5.41, 5.74) is 1.71. The summed E-state index contributed by atoms with van der Waals surface area (Å²) < 4.78 is 0. The van der Waals surface area contributed by atoms with Crippen LogP contribution in [0.3, 0.4) is 0 Å². The summed E-state index contributed by atoms with van der Waals surface area (Å²) in [6.07, 6.45) is 1.95. The Morgan fingerprint density at radius 1 is 1.23 bits per heavy atom. The minimum atomic E-state index is -0.142. The second-order valence-electron chi connectivity index (χ2n) is 7.91. The molecule has 8 nitrogen and oxygen atoms in total. The summed E-state index contributed by atoms with van der Waals surface area (Å²) in [7, 11) is 0. The molecule has 0 spiro atoms. The third-order valence-corrected chi connectivity index (χ3v) is 7.71. The number of thiazole rings is 1. The number of anilines is 1. The minimum Gasteiger partial charge on any atom is -0.343 e. The smallest absolute Gasteiger partial charge is 0.259 e. The fourth-order valence-electron chi connectivity index (χ4n) is 3.81. The number of rotatable bonds is 5. The number of fused-ring (bicyclic) bond motifs is 1. The number of aromatic nitrogens is 3. The van der Waals surface area contributed by atoms with Crippen LogP contribution in [-0.2, 0) is 16.0 Å². The zero-order valence-corrected chi connectivity index (χ0v) is 19.4. The van der Waals surface area contributed by atoms with Crippen LogP contribution >= 0.6 is 22.7 Å². The molecule has 3 aromatic heterocycles. The molecular formula is C21H25N5O3S2. The maximum atomic E-state index is 12.6. The van der Waals surface area contributed by atoms with E-state index in [0.29, 0.717) is 48.7 Å². The van der Waals surface area contributed by atoms with E-state index in [1.54, 1.807) is 4.90 Å². The van der Waals surface area contributed by atoms with Crippen LogP contribution in [-0.4, -0.2) is 44.8 Å². The van der Waals surface area contributed by atoms with Crippen LogP contribution in [0.1, 0.15) is 41.2 Å². The molecule has 10 heteroatoms. The molecule has 0 aromatic carbocycles. The molecule has 1 fully saturated rings. The molecule has 31 heavy (non-hydrogen) atoms. The average Bonchev–Trinajstić information content (AvgIpc) is 3.28. The van der Waals surface area contributed by atoms with E-state index in [0.717, 1.165) is 21.0 Å². The Morgan fingerprint density at radius 3 is 2.65 bits per heavy atom. The minimum absolute atomic E-state index is 0.0238. The van der Waals surface area contributed by atoms with Gasteiger partial charge < -0.3 is 15.2 Å². The molecule has 1 aliphatic rings. The summed E-state index contributed by atoms with van der Waals surface area (Å²) in [5, 5.41) is 6.04. The van der Waals surface area contributed by atoms with Crippen molar-refractivity contribution >= 4 is 49.8 Å². The monoisotopic (exact) mass is 459 g/mol. The maximum absolute atomic E-state index is 12.6. The Bertz CT molecular complexity index is 1190. The van der Waals surface area contributed by atoms with Crippen molar-refractivity contribution < 1.29 is 9.59 Å². The van der Waals surface area contributed by atoms with Crippen LogP contribution in [0.25, 0.3) is 10.2 Å². The molecule has 164 valence electrons. The Labute approximate surface area is 187 Å². The second kappa shape index (κ2) is 8.88. The van der Waals surface area contributed by atoms with Crippen LogP contribution in [0.5, 0.6) is 0 Å². The van der Waals surface area contributed by atoms with Gasteiger partial charge in [0.15, 0.2) is 5.13 Å². The molecule has 3 aromatic rings. The van der Waals surface area contributed by atoms with Crippen LogP contribution in [0.4, 0.5) is 5.13 Å². The van der Waals surface area contributed by atoms with Crippen molar-refractivity contribution in [3.8, 4) is 0 Å². The highest BCUT2D eigenvalue weighted by Crippen LogP contribution is 2.26. The number of nitrogens with zero attached hydrogens (tertiary/aromatic N) is 3. The lowest BCUT2D eigenvalue weighted by molar-refractivity contribution is -0.134. The van der Waals surface area contributed by atoms with Gasteiger partial charge in [0.2, 0.25) is 11.8 Å². The number of hydrogen-bond donors (Lipinski definition) is 2. The first-order chi connectivity index (χ1) is 14.8. The number of carbonyl (C=O) groups is 2. The quantitative estimate of drug-likeness (QED) is 0.609. The number of hydrogen-bond acceptors (Lipinski definition) is 7. The molecule has 0 saturated carbocycles. The summed E-state index contributed by atoms with van der Waals surface area (Å²) in [5.74, 6) is 0.424. The van der Waals surface area contributed by atoms with Gasteiger partial charge in [0.05, 0.1) is 11.1 Å². The van der Waals surface area contributed by atoms with E-state index >= 15 is 0 Å². The number of likely N-dealkylation sites (tertiary alicyclic amines) is 1. The first-order valence-corrected chi connectivity index (χ1v) is 12.0. The van der Waals surface area contributed by atoms with Crippen LogP contribution in [0, 0.1) is 26.7 Å². The van der Waals surface area contributed by atoms with Gasteiger partial charge in [-0.15, -0.1) is 22.7 Å². The lowest BCUT2D eigenvalue weighted by Gasteiger charge is -2.31. The number of nitrogens with one attached hydrogen (secondary N) is 2. The highest BCUT2D eigenvalue weighted by molar-refractivity contribution is 7.18. The third kappa shape index (κ3) is 4.69. The van der Waals surface area contributed by atoms with Gasteiger partial charge in [0.1, 0.15) is 10.7 Å². The van der Waals surface area contributed by atoms with Gasteiger partial charge in [-0.05, 0) is 39.2 Å². The second-order valence-corrected chi connectivity index (χ2v) is 9.98. The summed E-state index contributed by atoms with van der Waals surface area (Å²) >= 11 is 2.92. The summed E-state index contributed by atoms with van der Waals surface area (Å²) in [4.78, 5) is 52.7. The molecule has 0 unspecified atom stereocenters. The number of thiophene rings is 1. The molecule has 0 radical (unpaired) electrons. The fraction of sp³-hybridized carbons (Fsp3) is 0.476. The molecule has 4 rings (SSSR count). The van der Waals surface area contributed by atoms with Gasteiger partial charge >= 0.3 is 0 Å². The van der Waals surface area contributed by atoms with Gasteiger partial charge in [-0.2, -0.15) is 0 Å². The molecule has 4 heterocycles. The van der Waals surface area contributed by atoms with E-state index in [1.165, 1.54) is 22.7 Å². The van der Waals surface area contributed by atoms with E-state index in [1.807, 2.05) is 26.2 Å². The third-order valence-electron chi connectivity index (χ3n) is 5.73.